The molecule has 5 rings (SSSR count). The zero-order valence-corrected chi connectivity index (χ0v) is 21.3. The minimum atomic E-state index is -0.0613. The number of likely N-dealkylation sites (tertiary alicyclic amines) is 1. The van der Waals surface area contributed by atoms with Crippen molar-refractivity contribution in [3.05, 3.63) is 79.1 Å². The Hall–Kier alpha value is -4.44. The van der Waals surface area contributed by atoms with Crippen LogP contribution in [0.25, 0.3) is 11.2 Å². The summed E-state index contributed by atoms with van der Waals surface area (Å²) >= 11 is 0. The first-order chi connectivity index (χ1) is 18.6. The minimum Gasteiger partial charge on any atom is -0.491 e. The highest BCUT2D eigenvalue weighted by atomic mass is 16.5. The monoisotopic (exact) mass is 513 g/mol. The van der Waals surface area contributed by atoms with Crippen molar-refractivity contribution in [2.45, 2.75) is 19.0 Å². The van der Waals surface area contributed by atoms with Crippen molar-refractivity contribution in [2.24, 2.45) is 0 Å². The maximum absolute atomic E-state index is 12.1. The van der Waals surface area contributed by atoms with Crippen molar-refractivity contribution < 1.29 is 14.3 Å². The third-order valence-electron chi connectivity index (χ3n) is 6.43. The van der Waals surface area contributed by atoms with Crippen molar-refractivity contribution in [1.29, 1.82) is 0 Å². The van der Waals surface area contributed by atoms with E-state index in [0.29, 0.717) is 55.8 Å². The molecule has 10 heteroatoms. The van der Waals surface area contributed by atoms with Crippen LogP contribution in [0.4, 0.5) is 17.5 Å². The Kier molecular flexibility index (Phi) is 7.79. The van der Waals surface area contributed by atoms with E-state index in [1.54, 1.807) is 18.3 Å². The number of methoxy groups -OCH3 is 1. The van der Waals surface area contributed by atoms with Gasteiger partial charge in [-0.25, -0.2) is 4.98 Å². The minimum absolute atomic E-state index is 0.0613. The molecule has 0 radical (unpaired) electrons. The number of benzene rings is 2. The maximum Gasteiger partial charge on any atom is 0.246 e. The largest absolute Gasteiger partial charge is 0.491 e. The molecule has 2 N–H and O–H groups in total. The Morgan fingerprint density at radius 3 is 2.71 bits per heavy atom. The number of carbonyl (C=O) groups excluding carboxylic acids is 1. The first-order valence-electron chi connectivity index (χ1n) is 12.6. The molecule has 1 amide bonds. The Morgan fingerprint density at radius 1 is 1.13 bits per heavy atom. The fourth-order valence-corrected chi connectivity index (χ4v) is 4.45. The Balaban J connectivity index is 1.42. The zero-order valence-electron chi connectivity index (χ0n) is 21.3. The van der Waals surface area contributed by atoms with Crippen LogP contribution in [-0.2, 0) is 16.1 Å². The van der Waals surface area contributed by atoms with Crippen molar-refractivity contribution in [2.75, 3.05) is 44.0 Å². The summed E-state index contributed by atoms with van der Waals surface area (Å²) < 4.78 is 12.7. The highest BCUT2D eigenvalue weighted by Gasteiger charge is 2.28. The summed E-state index contributed by atoms with van der Waals surface area (Å²) in [6.45, 7) is 6.48. The maximum atomic E-state index is 12.1. The van der Waals surface area contributed by atoms with Gasteiger partial charge in [-0.2, -0.15) is 9.97 Å². The van der Waals surface area contributed by atoms with E-state index in [-0.39, 0.29) is 11.9 Å². The molecule has 0 saturated carbocycles. The first-order valence-corrected chi connectivity index (χ1v) is 12.6. The molecule has 1 unspecified atom stereocenters. The summed E-state index contributed by atoms with van der Waals surface area (Å²) in [5, 5.41) is 6.74. The number of carbonyl (C=O) groups is 1. The van der Waals surface area contributed by atoms with Gasteiger partial charge in [0, 0.05) is 32.4 Å². The van der Waals surface area contributed by atoms with Crippen LogP contribution in [0.15, 0.2) is 73.6 Å². The van der Waals surface area contributed by atoms with Gasteiger partial charge in [0.2, 0.25) is 11.9 Å². The number of nitrogens with one attached hydrogen (secondary N) is 2. The van der Waals surface area contributed by atoms with Crippen LogP contribution in [-0.4, -0.2) is 63.7 Å². The van der Waals surface area contributed by atoms with E-state index in [0.717, 1.165) is 23.4 Å². The zero-order chi connectivity index (χ0) is 26.3. The van der Waals surface area contributed by atoms with Crippen LogP contribution >= 0.6 is 0 Å². The topological polar surface area (TPSA) is 106 Å². The molecule has 1 atom stereocenters. The number of ether oxygens (including phenoxy) is 2. The lowest BCUT2D eigenvalue weighted by Crippen LogP contribution is -2.27. The second-order valence-electron chi connectivity index (χ2n) is 8.98. The van der Waals surface area contributed by atoms with Gasteiger partial charge in [-0.3, -0.25) is 4.79 Å². The molecular formula is C28H31N7O3. The summed E-state index contributed by atoms with van der Waals surface area (Å²) in [6, 6.07) is 17.8. The molecule has 1 saturated heterocycles. The van der Waals surface area contributed by atoms with Gasteiger partial charge in [-0.15, -0.1) is 0 Å². The fourth-order valence-electron chi connectivity index (χ4n) is 4.45. The van der Waals surface area contributed by atoms with Gasteiger partial charge in [0.1, 0.15) is 12.4 Å². The lowest BCUT2D eigenvalue weighted by molar-refractivity contribution is -0.125. The number of aromatic nitrogens is 4. The third kappa shape index (κ3) is 5.76. The average Bonchev–Trinajstić information content (AvgIpc) is 3.61. The molecule has 3 heterocycles. The fraction of sp³-hybridized carbons (Fsp3) is 0.286. The van der Waals surface area contributed by atoms with Gasteiger partial charge >= 0.3 is 0 Å². The SMILES string of the molecule is C=CC(=O)N1CCC(n2cnc3c(NCc4ccccc4)nc(Nc4ccc(OCCOC)cc4)nc32)C1. The number of imidazole rings is 1. The Bertz CT molecular complexity index is 1390. The average molecular weight is 514 g/mol. The number of amides is 1. The van der Waals surface area contributed by atoms with E-state index in [1.807, 2.05) is 47.0 Å². The van der Waals surface area contributed by atoms with Crippen molar-refractivity contribution in [1.82, 2.24) is 24.4 Å². The number of hydrogen-bond donors (Lipinski definition) is 2. The number of hydrogen-bond acceptors (Lipinski definition) is 8. The second kappa shape index (κ2) is 11.7. The quantitative estimate of drug-likeness (QED) is 0.227. The van der Waals surface area contributed by atoms with Gasteiger partial charge in [-0.1, -0.05) is 36.9 Å². The van der Waals surface area contributed by atoms with Gasteiger partial charge in [0.15, 0.2) is 17.0 Å². The molecule has 4 aromatic rings. The van der Waals surface area contributed by atoms with E-state index in [1.165, 1.54) is 6.08 Å². The third-order valence-corrected chi connectivity index (χ3v) is 6.43. The molecule has 196 valence electrons. The standard InChI is InChI=1S/C28H31N7O3/c1-3-24(36)34-14-13-22(18-34)35-19-30-25-26(29-17-20-7-5-4-6-8-20)32-28(33-27(25)35)31-21-9-11-23(12-10-21)38-16-15-37-2/h3-12,19,22H,1,13-18H2,2H3,(H2,29,31,32,33). The van der Waals surface area contributed by atoms with Crippen molar-refractivity contribution >= 4 is 34.5 Å². The number of anilines is 3. The number of rotatable bonds is 11. The van der Waals surface area contributed by atoms with Gasteiger partial charge < -0.3 is 29.6 Å². The van der Waals surface area contributed by atoms with Gasteiger partial charge in [0.05, 0.1) is 19.0 Å². The van der Waals surface area contributed by atoms with Crippen LogP contribution < -0.4 is 15.4 Å². The Morgan fingerprint density at radius 2 is 1.95 bits per heavy atom. The van der Waals surface area contributed by atoms with Crippen molar-refractivity contribution in [3.63, 3.8) is 0 Å². The molecule has 1 fully saturated rings. The highest BCUT2D eigenvalue weighted by molar-refractivity contribution is 5.87. The van der Waals surface area contributed by atoms with Crippen LogP contribution in [0.3, 0.4) is 0 Å². The van der Waals surface area contributed by atoms with E-state index in [2.05, 4.69) is 34.3 Å². The second-order valence-corrected chi connectivity index (χ2v) is 8.98. The van der Waals surface area contributed by atoms with Crippen LogP contribution in [0.1, 0.15) is 18.0 Å². The molecular weight excluding hydrogens is 482 g/mol. The predicted octanol–water partition coefficient (Wildman–Crippen LogP) is 4.17. The molecule has 0 aliphatic carbocycles. The molecule has 0 spiro atoms. The summed E-state index contributed by atoms with van der Waals surface area (Å²) in [6.07, 6.45) is 3.96. The van der Waals surface area contributed by atoms with E-state index in [9.17, 15) is 4.79 Å². The lowest BCUT2D eigenvalue weighted by Gasteiger charge is -2.16. The van der Waals surface area contributed by atoms with Gasteiger partial charge in [-0.05, 0) is 42.3 Å². The van der Waals surface area contributed by atoms with Crippen LogP contribution in [0.2, 0.25) is 0 Å². The molecule has 2 aromatic heterocycles. The summed E-state index contributed by atoms with van der Waals surface area (Å²) in [4.78, 5) is 28.2. The molecule has 2 aromatic carbocycles. The van der Waals surface area contributed by atoms with Crippen LogP contribution in [0, 0.1) is 0 Å². The Labute approximate surface area is 221 Å². The van der Waals surface area contributed by atoms with Crippen LogP contribution in [0.5, 0.6) is 5.75 Å². The van der Waals surface area contributed by atoms with E-state index in [4.69, 9.17) is 19.4 Å². The lowest BCUT2D eigenvalue weighted by atomic mass is 10.2. The molecule has 0 bridgehead atoms. The first kappa shape index (κ1) is 25.2. The smallest absolute Gasteiger partial charge is 0.246 e. The van der Waals surface area contributed by atoms with Crippen molar-refractivity contribution in [3.8, 4) is 5.75 Å². The summed E-state index contributed by atoms with van der Waals surface area (Å²) in [5.74, 6) is 1.78. The molecule has 1 aliphatic heterocycles. The molecule has 1 aliphatic rings. The predicted molar refractivity (Wildman–Crippen MR) is 147 cm³/mol. The molecule has 10 nitrogen and oxygen atoms in total. The number of nitrogens with zero attached hydrogens (tertiary/aromatic N) is 5. The van der Waals surface area contributed by atoms with E-state index < -0.39 is 0 Å². The summed E-state index contributed by atoms with van der Waals surface area (Å²) in [5.41, 5.74) is 3.34. The number of fused-ring (bicyclic) bond motifs is 1. The summed E-state index contributed by atoms with van der Waals surface area (Å²) in [7, 11) is 1.64. The molecule has 38 heavy (non-hydrogen) atoms. The normalized spacial score (nSPS) is 15.0. The highest BCUT2D eigenvalue weighted by Crippen LogP contribution is 2.29. The van der Waals surface area contributed by atoms with E-state index >= 15 is 0 Å². The van der Waals surface area contributed by atoms with Gasteiger partial charge in [0.25, 0.3) is 0 Å².